The standard InChI is InChI=1S/C27H31N3O5S/c1-4-5-18-35-23-14-12-22(13-15-23)19-28-29-27(31)20-30(25-8-6-7-9-26(25)34-3)36(32,33)24-16-10-21(2)11-17-24/h6-17,19H,4-5,18,20H2,1-3H3,(H,29,31)/b28-19-. The number of aryl methyl sites for hydroxylation is 1. The van der Waals surface area contributed by atoms with Crippen LogP contribution >= 0.6 is 0 Å². The summed E-state index contributed by atoms with van der Waals surface area (Å²) in [6.45, 7) is 4.14. The Morgan fingerprint density at radius 2 is 1.72 bits per heavy atom. The lowest BCUT2D eigenvalue weighted by Gasteiger charge is -2.25. The smallest absolute Gasteiger partial charge is 0.264 e. The second kappa shape index (κ2) is 12.7. The molecule has 9 heteroatoms. The summed E-state index contributed by atoms with van der Waals surface area (Å²) < 4.78 is 39.0. The van der Waals surface area contributed by atoms with E-state index in [1.165, 1.54) is 25.5 Å². The first-order valence-corrected chi connectivity index (χ1v) is 13.1. The number of ether oxygens (including phenoxy) is 2. The molecule has 190 valence electrons. The number of carbonyl (C=O) groups is 1. The zero-order valence-corrected chi connectivity index (χ0v) is 21.5. The van der Waals surface area contributed by atoms with E-state index in [9.17, 15) is 13.2 Å². The summed E-state index contributed by atoms with van der Waals surface area (Å²) in [7, 11) is -2.62. The van der Waals surface area contributed by atoms with Crippen molar-refractivity contribution in [3.63, 3.8) is 0 Å². The molecular weight excluding hydrogens is 478 g/mol. The molecular formula is C27H31N3O5S. The van der Waals surface area contributed by atoms with Gasteiger partial charge in [-0.3, -0.25) is 9.10 Å². The molecule has 0 unspecified atom stereocenters. The lowest BCUT2D eigenvalue weighted by Crippen LogP contribution is -2.39. The summed E-state index contributed by atoms with van der Waals surface area (Å²) in [5.74, 6) is 0.483. The number of methoxy groups -OCH3 is 1. The number of sulfonamides is 1. The van der Waals surface area contributed by atoms with Gasteiger partial charge in [-0.25, -0.2) is 13.8 Å². The third kappa shape index (κ3) is 7.08. The monoisotopic (exact) mass is 509 g/mol. The minimum Gasteiger partial charge on any atom is -0.495 e. The van der Waals surface area contributed by atoms with Gasteiger partial charge in [0.1, 0.15) is 18.0 Å². The van der Waals surface area contributed by atoms with Gasteiger partial charge in [-0.1, -0.05) is 43.2 Å². The van der Waals surface area contributed by atoms with Crippen molar-refractivity contribution in [2.24, 2.45) is 5.10 Å². The summed E-state index contributed by atoms with van der Waals surface area (Å²) in [5.41, 5.74) is 4.34. The van der Waals surface area contributed by atoms with Crippen LogP contribution in [0.25, 0.3) is 0 Å². The average Bonchev–Trinajstić information content (AvgIpc) is 2.88. The summed E-state index contributed by atoms with van der Waals surface area (Å²) in [4.78, 5) is 12.8. The molecule has 1 amide bonds. The Bertz CT molecular complexity index is 1270. The second-order valence-electron chi connectivity index (χ2n) is 8.06. The summed E-state index contributed by atoms with van der Waals surface area (Å²) in [5, 5.41) is 3.98. The van der Waals surface area contributed by atoms with E-state index in [1.807, 2.05) is 31.2 Å². The van der Waals surface area contributed by atoms with E-state index < -0.39 is 22.5 Å². The van der Waals surface area contributed by atoms with Crippen LogP contribution < -0.4 is 19.2 Å². The number of carbonyl (C=O) groups excluding carboxylic acids is 1. The minimum absolute atomic E-state index is 0.0663. The highest BCUT2D eigenvalue weighted by molar-refractivity contribution is 7.92. The Balaban J connectivity index is 1.75. The summed E-state index contributed by atoms with van der Waals surface area (Å²) >= 11 is 0. The normalized spacial score (nSPS) is 11.3. The van der Waals surface area contributed by atoms with Crippen LogP contribution in [0.3, 0.4) is 0 Å². The molecule has 3 rings (SSSR count). The first kappa shape index (κ1) is 26.7. The lowest BCUT2D eigenvalue weighted by molar-refractivity contribution is -0.119. The highest BCUT2D eigenvalue weighted by atomic mass is 32.2. The molecule has 0 saturated heterocycles. The van der Waals surface area contributed by atoms with E-state index in [4.69, 9.17) is 9.47 Å². The van der Waals surface area contributed by atoms with Gasteiger partial charge in [-0.2, -0.15) is 5.10 Å². The molecule has 0 aromatic heterocycles. The van der Waals surface area contributed by atoms with Crippen molar-refractivity contribution in [2.75, 3.05) is 24.6 Å². The fraction of sp³-hybridized carbons (Fsp3) is 0.259. The quantitative estimate of drug-likeness (QED) is 0.220. The van der Waals surface area contributed by atoms with Crippen molar-refractivity contribution in [1.29, 1.82) is 0 Å². The molecule has 3 aromatic carbocycles. The topological polar surface area (TPSA) is 97.3 Å². The number of nitrogens with one attached hydrogen (secondary N) is 1. The Labute approximate surface area is 212 Å². The average molecular weight is 510 g/mol. The molecule has 0 spiro atoms. The van der Waals surface area contributed by atoms with Crippen LogP contribution in [0, 0.1) is 6.92 Å². The van der Waals surface area contributed by atoms with E-state index >= 15 is 0 Å². The number of amides is 1. The van der Waals surface area contributed by atoms with Gasteiger partial charge in [0.2, 0.25) is 0 Å². The molecule has 0 bridgehead atoms. The number of hydrazone groups is 1. The molecule has 0 heterocycles. The molecule has 8 nitrogen and oxygen atoms in total. The van der Waals surface area contributed by atoms with Crippen LogP contribution in [-0.2, 0) is 14.8 Å². The first-order chi connectivity index (χ1) is 17.3. The van der Waals surface area contributed by atoms with E-state index in [2.05, 4.69) is 17.5 Å². The van der Waals surface area contributed by atoms with Crippen LogP contribution in [-0.4, -0.2) is 40.8 Å². The Morgan fingerprint density at radius 3 is 2.39 bits per heavy atom. The number of para-hydroxylation sites is 2. The molecule has 0 radical (unpaired) electrons. The van der Waals surface area contributed by atoms with Gasteiger partial charge in [-0.15, -0.1) is 0 Å². The lowest BCUT2D eigenvalue weighted by atomic mass is 10.2. The molecule has 1 N–H and O–H groups in total. The van der Waals surface area contributed by atoms with E-state index in [0.29, 0.717) is 12.4 Å². The van der Waals surface area contributed by atoms with Crippen LogP contribution in [0.5, 0.6) is 11.5 Å². The molecule has 36 heavy (non-hydrogen) atoms. The van der Waals surface area contributed by atoms with Gasteiger partial charge in [0.15, 0.2) is 0 Å². The SMILES string of the molecule is CCCCOc1ccc(/C=N\NC(=O)CN(c2ccccc2OC)S(=O)(=O)c2ccc(C)cc2)cc1. The predicted octanol–water partition coefficient (Wildman–Crippen LogP) is 4.53. The number of unbranched alkanes of at least 4 members (excludes halogenated alkanes) is 1. The second-order valence-corrected chi connectivity index (χ2v) is 9.92. The zero-order valence-electron chi connectivity index (χ0n) is 20.7. The van der Waals surface area contributed by atoms with Crippen molar-refractivity contribution in [2.45, 2.75) is 31.6 Å². The molecule has 3 aromatic rings. The molecule has 0 atom stereocenters. The number of hydrogen-bond donors (Lipinski definition) is 1. The van der Waals surface area contributed by atoms with Gasteiger partial charge >= 0.3 is 0 Å². The Hall–Kier alpha value is -3.85. The number of benzene rings is 3. The third-order valence-electron chi connectivity index (χ3n) is 5.30. The fourth-order valence-electron chi connectivity index (χ4n) is 3.30. The Kier molecular flexibility index (Phi) is 9.46. The number of nitrogens with zero attached hydrogens (tertiary/aromatic N) is 2. The summed E-state index contributed by atoms with van der Waals surface area (Å²) in [6, 6.07) is 20.4. The number of hydrogen-bond acceptors (Lipinski definition) is 6. The van der Waals surface area contributed by atoms with Crippen LogP contribution in [0.4, 0.5) is 5.69 Å². The van der Waals surface area contributed by atoms with Gasteiger partial charge in [0, 0.05) is 0 Å². The van der Waals surface area contributed by atoms with Crippen LogP contribution in [0.15, 0.2) is 82.8 Å². The van der Waals surface area contributed by atoms with Gasteiger partial charge in [0.25, 0.3) is 15.9 Å². The van der Waals surface area contributed by atoms with E-state index in [0.717, 1.165) is 34.0 Å². The molecule has 0 saturated carbocycles. The van der Waals surface area contributed by atoms with Crippen molar-refractivity contribution >= 4 is 27.8 Å². The maximum atomic E-state index is 13.5. The largest absolute Gasteiger partial charge is 0.495 e. The number of anilines is 1. The van der Waals surface area contributed by atoms with Gasteiger partial charge in [-0.05, 0) is 67.4 Å². The predicted molar refractivity (Wildman–Crippen MR) is 141 cm³/mol. The highest BCUT2D eigenvalue weighted by Gasteiger charge is 2.29. The molecule has 0 aliphatic carbocycles. The van der Waals surface area contributed by atoms with Crippen molar-refractivity contribution in [3.8, 4) is 11.5 Å². The van der Waals surface area contributed by atoms with E-state index in [1.54, 1.807) is 36.4 Å². The maximum Gasteiger partial charge on any atom is 0.264 e. The third-order valence-corrected chi connectivity index (χ3v) is 7.07. The van der Waals surface area contributed by atoms with Gasteiger partial charge in [0.05, 0.1) is 30.5 Å². The fourth-order valence-corrected chi connectivity index (χ4v) is 4.73. The Morgan fingerprint density at radius 1 is 1.03 bits per heavy atom. The zero-order chi connectivity index (χ0) is 26.0. The van der Waals surface area contributed by atoms with Crippen LogP contribution in [0.1, 0.15) is 30.9 Å². The molecule has 0 fully saturated rings. The maximum absolute atomic E-state index is 13.5. The van der Waals surface area contributed by atoms with Crippen molar-refractivity contribution in [1.82, 2.24) is 5.43 Å². The van der Waals surface area contributed by atoms with Crippen LogP contribution in [0.2, 0.25) is 0 Å². The van der Waals surface area contributed by atoms with Crippen molar-refractivity contribution in [3.05, 3.63) is 83.9 Å². The number of rotatable bonds is 12. The molecule has 0 aliphatic rings. The van der Waals surface area contributed by atoms with Crippen molar-refractivity contribution < 1.29 is 22.7 Å². The minimum atomic E-state index is -4.06. The first-order valence-electron chi connectivity index (χ1n) is 11.6. The van der Waals surface area contributed by atoms with E-state index in [-0.39, 0.29) is 10.6 Å². The summed E-state index contributed by atoms with van der Waals surface area (Å²) in [6.07, 6.45) is 3.53. The molecule has 0 aliphatic heterocycles. The highest BCUT2D eigenvalue weighted by Crippen LogP contribution is 2.32. The van der Waals surface area contributed by atoms with Gasteiger partial charge < -0.3 is 9.47 Å².